The third-order valence-electron chi connectivity index (χ3n) is 2.45. The van der Waals surface area contributed by atoms with Gasteiger partial charge in [0.15, 0.2) is 18.6 Å². The van der Waals surface area contributed by atoms with E-state index in [1.807, 2.05) is 6.07 Å². The molecule has 0 saturated heterocycles. The van der Waals surface area contributed by atoms with Gasteiger partial charge in [-0.3, -0.25) is 4.79 Å². The Morgan fingerprint density at radius 3 is 2.70 bits per heavy atom. The summed E-state index contributed by atoms with van der Waals surface area (Å²) in [6, 6.07) is 3.63. The van der Waals surface area contributed by atoms with E-state index in [4.69, 9.17) is 4.74 Å². The van der Waals surface area contributed by atoms with Gasteiger partial charge in [-0.05, 0) is 18.1 Å². The quantitative estimate of drug-likeness (QED) is 0.462. The number of carbonyl (C=O) groups is 1. The third-order valence-corrected chi connectivity index (χ3v) is 2.45. The van der Waals surface area contributed by atoms with E-state index in [2.05, 4.69) is 15.1 Å². The lowest BCUT2D eigenvalue weighted by Crippen LogP contribution is -3.00. The number of rotatable bonds is 5. The summed E-state index contributed by atoms with van der Waals surface area (Å²) in [7, 11) is 0. The standard InChI is InChI=1S/C13H15N4O2.ClH/c1-2-19-12(18)5-9-17-8-4-11(10-16-17)13-14-6-3-7-15-13;/h3-4,6-8,10H,2,5,9H2,1H3;1H/q+1;/p-1. The van der Waals surface area contributed by atoms with Gasteiger partial charge in [-0.25, -0.2) is 9.97 Å². The number of carbonyl (C=O) groups excluding carboxylic acids is 1. The highest BCUT2D eigenvalue weighted by Crippen LogP contribution is 2.09. The average molecular weight is 295 g/mol. The summed E-state index contributed by atoms with van der Waals surface area (Å²) in [5.41, 5.74) is 0.841. The van der Waals surface area contributed by atoms with Crippen molar-refractivity contribution < 1.29 is 26.6 Å². The van der Waals surface area contributed by atoms with E-state index >= 15 is 0 Å². The summed E-state index contributed by atoms with van der Waals surface area (Å²) in [5, 5.41) is 4.22. The first kappa shape index (κ1) is 16.0. The smallest absolute Gasteiger partial charge is 0.312 e. The number of aryl methyl sites for hydroxylation is 1. The molecule has 0 aliphatic rings. The second-order valence-electron chi connectivity index (χ2n) is 3.81. The summed E-state index contributed by atoms with van der Waals surface area (Å²) in [5.74, 6) is 0.416. The van der Waals surface area contributed by atoms with Crippen LogP contribution < -0.4 is 17.1 Å². The van der Waals surface area contributed by atoms with Crippen LogP contribution >= 0.6 is 0 Å². The van der Waals surface area contributed by atoms with Crippen LogP contribution in [0.4, 0.5) is 0 Å². The molecule has 6 nitrogen and oxygen atoms in total. The molecule has 0 aliphatic heterocycles. The Morgan fingerprint density at radius 2 is 2.10 bits per heavy atom. The highest BCUT2D eigenvalue weighted by molar-refractivity contribution is 5.68. The van der Waals surface area contributed by atoms with Crippen molar-refractivity contribution in [1.82, 2.24) is 15.1 Å². The van der Waals surface area contributed by atoms with Crippen molar-refractivity contribution in [1.29, 1.82) is 0 Å². The van der Waals surface area contributed by atoms with E-state index in [0.717, 1.165) is 5.56 Å². The molecule has 0 fully saturated rings. The molecule has 0 amide bonds. The van der Waals surface area contributed by atoms with Crippen molar-refractivity contribution in [3.63, 3.8) is 0 Å². The molecule has 0 N–H and O–H groups in total. The number of ether oxygens (including phenoxy) is 1. The van der Waals surface area contributed by atoms with Crippen molar-refractivity contribution in [2.45, 2.75) is 19.9 Å². The molecule has 0 radical (unpaired) electrons. The molecule has 2 aromatic rings. The van der Waals surface area contributed by atoms with Crippen molar-refractivity contribution in [2.24, 2.45) is 0 Å². The van der Waals surface area contributed by atoms with Crippen molar-refractivity contribution >= 4 is 5.97 Å². The molecule has 2 heterocycles. The Morgan fingerprint density at radius 1 is 1.35 bits per heavy atom. The number of aromatic nitrogens is 4. The lowest BCUT2D eigenvalue weighted by molar-refractivity contribution is -0.752. The maximum Gasteiger partial charge on any atom is 0.312 e. The Hall–Kier alpha value is -2.08. The molecule has 0 saturated carbocycles. The fourth-order valence-electron chi connectivity index (χ4n) is 1.54. The lowest BCUT2D eigenvalue weighted by atomic mass is 10.3. The van der Waals surface area contributed by atoms with E-state index in [1.54, 1.807) is 42.5 Å². The molecule has 106 valence electrons. The van der Waals surface area contributed by atoms with Crippen LogP contribution in [0.15, 0.2) is 36.9 Å². The van der Waals surface area contributed by atoms with Crippen LogP contribution in [0.1, 0.15) is 13.3 Å². The zero-order valence-electron chi connectivity index (χ0n) is 11.1. The number of hydrogen-bond acceptors (Lipinski definition) is 5. The first-order valence-corrected chi connectivity index (χ1v) is 6.08. The molecule has 0 aliphatic carbocycles. The minimum atomic E-state index is -0.215. The second-order valence-corrected chi connectivity index (χ2v) is 3.81. The van der Waals surface area contributed by atoms with Gasteiger partial charge in [-0.2, -0.15) is 0 Å². The van der Waals surface area contributed by atoms with Crippen LogP contribution in [0.2, 0.25) is 0 Å². The van der Waals surface area contributed by atoms with Gasteiger partial charge in [0.25, 0.3) is 0 Å². The zero-order valence-corrected chi connectivity index (χ0v) is 11.8. The van der Waals surface area contributed by atoms with Crippen LogP contribution in [0.3, 0.4) is 0 Å². The van der Waals surface area contributed by atoms with Gasteiger partial charge in [-0.15, -0.1) is 0 Å². The van der Waals surface area contributed by atoms with Crippen LogP contribution in [0, 0.1) is 0 Å². The summed E-state index contributed by atoms with van der Waals surface area (Å²) in [6.45, 7) is 2.69. The molecule has 0 spiro atoms. The Bertz CT molecular complexity index is 534. The zero-order chi connectivity index (χ0) is 13.5. The molecule has 2 aromatic heterocycles. The van der Waals surface area contributed by atoms with Crippen molar-refractivity contribution in [3.8, 4) is 11.4 Å². The van der Waals surface area contributed by atoms with E-state index in [9.17, 15) is 4.79 Å². The normalized spacial score (nSPS) is 9.65. The largest absolute Gasteiger partial charge is 1.00 e. The van der Waals surface area contributed by atoms with E-state index in [1.165, 1.54) is 0 Å². The van der Waals surface area contributed by atoms with Gasteiger partial charge in [0.2, 0.25) is 0 Å². The predicted octanol–water partition coefficient (Wildman–Crippen LogP) is -2.22. The highest BCUT2D eigenvalue weighted by Gasteiger charge is 2.09. The van der Waals surface area contributed by atoms with Crippen molar-refractivity contribution in [2.75, 3.05) is 6.61 Å². The van der Waals surface area contributed by atoms with Crippen LogP contribution in [-0.2, 0) is 16.1 Å². The molecular formula is C13H15ClN4O2. The minimum absolute atomic E-state index is 0. The van der Waals surface area contributed by atoms with Gasteiger partial charge in [0, 0.05) is 24.0 Å². The first-order valence-electron chi connectivity index (χ1n) is 6.08. The number of halogens is 1. The summed E-state index contributed by atoms with van der Waals surface area (Å²) in [6.07, 6.45) is 7.16. The molecule has 2 rings (SSSR count). The van der Waals surface area contributed by atoms with Crippen LogP contribution in [0.5, 0.6) is 0 Å². The number of hydrogen-bond donors (Lipinski definition) is 0. The Balaban J connectivity index is 0.00000200. The van der Waals surface area contributed by atoms with Gasteiger partial charge < -0.3 is 17.1 Å². The van der Waals surface area contributed by atoms with E-state index in [0.29, 0.717) is 25.4 Å². The average Bonchev–Trinajstić information content (AvgIpc) is 2.47. The maximum atomic E-state index is 11.2. The van der Waals surface area contributed by atoms with E-state index in [-0.39, 0.29) is 18.4 Å². The first-order chi connectivity index (χ1) is 9.29. The molecule has 0 unspecified atom stereocenters. The van der Waals surface area contributed by atoms with Crippen LogP contribution in [-0.4, -0.2) is 27.6 Å². The third kappa shape index (κ3) is 4.55. The van der Waals surface area contributed by atoms with Gasteiger partial charge in [0.1, 0.15) is 12.6 Å². The van der Waals surface area contributed by atoms with Crippen molar-refractivity contribution in [3.05, 3.63) is 36.9 Å². The Labute approximate surface area is 123 Å². The topological polar surface area (TPSA) is 68.8 Å². The lowest BCUT2D eigenvalue weighted by Gasteiger charge is -1.99. The summed E-state index contributed by atoms with van der Waals surface area (Å²) < 4.78 is 6.54. The SMILES string of the molecule is CCOC(=O)CC[n+]1ccc(-c2ncccn2)cn1.[Cl-]. The summed E-state index contributed by atoms with van der Waals surface area (Å²) >= 11 is 0. The monoisotopic (exact) mass is 294 g/mol. The fraction of sp³-hybridized carbons (Fsp3) is 0.308. The second kappa shape index (κ2) is 8.16. The predicted molar refractivity (Wildman–Crippen MR) is 66.7 cm³/mol. The van der Waals surface area contributed by atoms with E-state index < -0.39 is 0 Å². The Kier molecular flexibility index (Phi) is 6.52. The van der Waals surface area contributed by atoms with Gasteiger partial charge >= 0.3 is 5.97 Å². The van der Waals surface area contributed by atoms with Gasteiger partial charge in [-0.1, -0.05) is 4.68 Å². The molecule has 7 heteroatoms. The highest BCUT2D eigenvalue weighted by atomic mass is 35.5. The number of esters is 1. The van der Waals surface area contributed by atoms with Gasteiger partial charge in [0.05, 0.1) is 6.61 Å². The minimum Gasteiger partial charge on any atom is -1.00 e. The molecule has 0 aromatic carbocycles. The fourth-order valence-corrected chi connectivity index (χ4v) is 1.54. The number of nitrogens with zero attached hydrogens (tertiary/aromatic N) is 4. The molecule has 0 atom stereocenters. The molecular weight excluding hydrogens is 280 g/mol. The summed E-state index contributed by atoms with van der Waals surface area (Å²) in [4.78, 5) is 19.5. The molecule has 0 bridgehead atoms. The maximum absolute atomic E-state index is 11.2. The van der Waals surface area contributed by atoms with Crippen LogP contribution in [0.25, 0.3) is 11.4 Å². The molecule has 20 heavy (non-hydrogen) atoms.